The first-order chi connectivity index (χ1) is 6.56. The van der Waals surface area contributed by atoms with Gasteiger partial charge in [-0.05, 0) is 19.2 Å². The molecule has 0 aliphatic carbocycles. The van der Waals surface area contributed by atoms with E-state index in [1.165, 1.54) is 6.07 Å². The fourth-order valence-corrected chi connectivity index (χ4v) is 1.80. The molecule has 0 fully saturated rings. The second-order valence-corrected chi connectivity index (χ2v) is 4.16. The fraction of sp³-hybridized carbons (Fsp3) is 0.333. The number of nitrogens with one attached hydrogen (secondary N) is 1. The van der Waals surface area contributed by atoms with E-state index in [-0.39, 0.29) is 5.02 Å². The Morgan fingerprint density at radius 3 is 2.86 bits per heavy atom. The molecule has 0 saturated heterocycles. The van der Waals surface area contributed by atoms with Crippen molar-refractivity contribution in [2.75, 3.05) is 13.6 Å². The molecule has 1 atom stereocenters. The number of hydrogen-bond acceptors (Lipinski definition) is 2. The van der Waals surface area contributed by atoms with Gasteiger partial charge in [0, 0.05) is 16.6 Å². The molecule has 1 aromatic carbocycles. The maximum atomic E-state index is 13.1. The summed E-state index contributed by atoms with van der Waals surface area (Å²) in [6, 6.07) is 2.87. The third-order valence-electron chi connectivity index (χ3n) is 1.78. The lowest BCUT2D eigenvalue weighted by Gasteiger charge is -2.12. The molecule has 78 valence electrons. The molecule has 0 amide bonds. The van der Waals surface area contributed by atoms with Gasteiger partial charge in [0.25, 0.3) is 0 Å². The summed E-state index contributed by atoms with van der Waals surface area (Å²) in [6.45, 7) is 0.329. The predicted molar refractivity (Wildman–Crippen MR) is 58.0 cm³/mol. The van der Waals surface area contributed by atoms with Crippen LogP contribution in [0.3, 0.4) is 0 Å². The van der Waals surface area contributed by atoms with Crippen molar-refractivity contribution in [1.82, 2.24) is 5.32 Å². The number of aliphatic hydroxyl groups excluding tert-OH is 1. The van der Waals surface area contributed by atoms with Gasteiger partial charge in [-0.1, -0.05) is 27.5 Å². The summed E-state index contributed by atoms with van der Waals surface area (Å²) in [5, 5.41) is 12.4. The van der Waals surface area contributed by atoms with E-state index in [4.69, 9.17) is 11.6 Å². The van der Waals surface area contributed by atoms with Crippen LogP contribution >= 0.6 is 27.5 Å². The van der Waals surface area contributed by atoms with Gasteiger partial charge in [-0.15, -0.1) is 0 Å². The van der Waals surface area contributed by atoms with Gasteiger partial charge in [-0.25, -0.2) is 4.39 Å². The van der Waals surface area contributed by atoms with Crippen LogP contribution in [0.15, 0.2) is 16.6 Å². The molecular weight excluding hydrogens is 272 g/mol. The van der Waals surface area contributed by atoms with E-state index in [0.29, 0.717) is 16.6 Å². The van der Waals surface area contributed by atoms with Crippen molar-refractivity contribution in [3.05, 3.63) is 33.0 Å². The number of rotatable bonds is 3. The Kier molecular flexibility index (Phi) is 4.31. The average Bonchev–Trinajstić information content (AvgIpc) is 2.11. The van der Waals surface area contributed by atoms with Crippen molar-refractivity contribution in [3.63, 3.8) is 0 Å². The number of halogens is 3. The van der Waals surface area contributed by atoms with Crippen LogP contribution in [0.2, 0.25) is 5.02 Å². The van der Waals surface area contributed by atoms with E-state index in [1.54, 1.807) is 13.1 Å². The first-order valence-corrected chi connectivity index (χ1v) is 5.20. The van der Waals surface area contributed by atoms with Gasteiger partial charge < -0.3 is 10.4 Å². The minimum absolute atomic E-state index is 0.0315. The molecular formula is C9H10BrClFNO. The number of aliphatic hydroxyl groups is 1. The molecule has 0 radical (unpaired) electrons. The zero-order chi connectivity index (χ0) is 10.7. The summed E-state index contributed by atoms with van der Waals surface area (Å²) in [7, 11) is 1.70. The number of likely N-dealkylation sites (N-methyl/N-ethyl adjacent to an activating group) is 1. The van der Waals surface area contributed by atoms with E-state index in [9.17, 15) is 9.50 Å². The molecule has 0 bridgehead atoms. The van der Waals surface area contributed by atoms with Crippen molar-refractivity contribution in [3.8, 4) is 0 Å². The summed E-state index contributed by atoms with van der Waals surface area (Å²) in [4.78, 5) is 0. The summed E-state index contributed by atoms with van der Waals surface area (Å²) >= 11 is 8.85. The van der Waals surface area contributed by atoms with Crippen molar-refractivity contribution in [1.29, 1.82) is 0 Å². The van der Waals surface area contributed by atoms with Gasteiger partial charge in [0.1, 0.15) is 5.82 Å². The maximum Gasteiger partial charge on any atom is 0.143 e. The Balaban J connectivity index is 3.07. The summed E-state index contributed by atoms with van der Waals surface area (Å²) in [5.41, 5.74) is 0.382. The number of benzene rings is 1. The summed E-state index contributed by atoms with van der Waals surface area (Å²) < 4.78 is 13.7. The molecule has 0 heterocycles. The SMILES string of the molecule is CNCC(O)c1cc(Br)cc(F)c1Cl. The van der Waals surface area contributed by atoms with Crippen molar-refractivity contribution in [2.45, 2.75) is 6.10 Å². The van der Waals surface area contributed by atoms with E-state index in [2.05, 4.69) is 21.2 Å². The van der Waals surface area contributed by atoms with Gasteiger partial charge in [-0.2, -0.15) is 0 Å². The minimum atomic E-state index is -0.806. The largest absolute Gasteiger partial charge is 0.387 e. The molecule has 5 heteroatoms. The van der Waals surface area contributed by atoms with Crippen LogP contribution in [0.25, 0.3) is 0 Å². The quantitative estimate of drug-likeness (QED) is 0.835. The predicted octanol–water partition coefficient (Wildman–Crippen LogP) is 2.49. The second kappa shape index (κ2) is 5.07. The fourth-order valence-electron chi connectivity index (χ4n) is 1.12. The van der Waals surface area contributed by atoms with Gasteiger partial charge in [0.2, 0.25) is 0 Å². The maximum absolute atomic E-state index is 13.1. The smallest absolute Gasteiger partial charge is 0.143 e. The highest BCUT2D eigenvalue weighted by Crippen LogP contribution is 2.29. The van der Waals surface area contributed by atoms with E-state index in [1.807, 2.05) is 0 Å². The van der Waals surface area contributed by atoms with Crippen LogP contribution < -0.4 is 5.32 Å². The highest BCUT2D eigenvalue weighted by Gasteiger charge is 2.14. The van der Waals surface area contributed by atoms with Crippen LogP contribution in [0, 0.1) is 5.82 Å². The molecule has 0 aliphatic rings. The Hall–Kier alpha value is -0.160. The lowest BCUT2D eigenvalue weighted by atomic mass is 10.1. The standard InChI is InChI=1S/C9H10BrClFNO/c1-13-4-8(14)6-2-5(10)3-7(12)9(6)11/h2-3,8,13-14H,4H2,1H3. The van der Waals surface area contributed by atoms with Crippen LogP contribution in [0.5, 0.6) is 0 Å². The molecule has 0 aromatic heterocycles. The van der Waals surface area contributed by atoms with Crippen molar-refractivity contribution >= 4 is 27.5 Å². The lowest BCUT2D eigenvalue weighted by Crippen LogP contribution is -2.17. The minimum Gasteiger partial charge on any atom is -0.387 e. The van der Waals surface area contributed by atoms with Crippen molar-refractivity contribution < 1.29 is 9.50 Å². The molecule has 1 aromatic rings. The van der Waals surface area contributed by atoms with E-state index in [0.717, 1.165) is 0 Å². The van der Waals surface area contributed by atoms with Crippen molar-refractivity contribution in [2.24, 2.45) is 0 Å². The molecule has 1 unspecified atom stereocenters. The van der Waals surface area contributed by atoms with E-state index >= 15 is 0 Å². The third kappa shape index (κ3) is 2.67. The molecule has 0 saturated carbocycles. The average molecular weight is 283 g/mol. The highest BCUT2D eigenvalue weighted by atomic mass is 79.9. The summed E-state index contributed by atoms with van der Waals surface area (Å²) in [5.74, 6) is -0.536. The topological polar surface area (TPSA) is 32.3 Å². The highest BCUT2D eigenvalue weighted by molar-refractivity contribution is 9.10. The van der Waals surface area contributed by atoms with Gasteiger partial charge in [0.05, 0.1) is 11.1 Å². The monoisotopic (exact) mass is 281 g/mol. The van der Waals surface area contributed by atoms with Gasteiger partial charge in [-0.3, -0.25) is 0 Å². The first-order valence-electron chi connectivity index (χ1n) is 4.03. The first kappa shape index (κ1) is 11.9. The van der Waals surface area contributed by atoms with Gasteiger partial charge >= 0.3 is 0 Å². The normalized spacial score (nSPS) is 12.9. The number of hydrogen-bond donors (Lipinski definition) is 2. The molecule has 0 aliphatic heterocycles. The zero-order valence-electron chi connectivity index (χ0n) is 7.52. The molecule has 0 spiro atoms. The third-order valence-corrected chi connectivity index (χ3v) is 2.63. The van der Waals surface area contributed by atoms with Crippen LogP contribution in [0.1, 0.15) is 11.7 Å². The Labute approximate surface area is 95.2 Å². The second-order valence-electron chi connectivity index (χ2n) is 2.86. The van der Waals surface area contributed by atoms with Crippen LogP contribution in [-0.2, 0) is 0 Å². The van der Waals surface area contributed by atoms with Gasteiger partial charge in [0.15, 0.2) is 0 Å². The Bertz CT molecular complexity index is 335. The molecule has 1 rings (SSSR count). The lowest BCUT2D eigenvalue weighted by molar-refractivity contribution is 0.177. The molecule has 14 heavy (non-hydrogen) atoms. The van der Waals surface area contributed by atoms with E-state index < -0.39 is 11.9 Å². The summed E-state index contributed by atoms with van der Waals surface area (Å²) in [6.07, 6.45) is -0.806. The Morgan fingerprint density at radius 2 is 2.29 bits per heavy atom. The van der Waals surface area contributed by atoms with Crippen LogP contribution in [-0.4, -0.2) is 18.7 Å². The molecule has 2 nitrogen and oxygen atoms in total. The Morgan fingerprint density at radius 1 is 1.64 bits per heavy atom. The zero-order valence-corrected chi connectivity index (χ0v) is 9.86. The molecule has 2 N–H and O–H groups in total. The van der Waals surface area contributed by atoms with Crippen LogP contribution in [0.4, 0.5) is 4.39 Å².